The molecule has 1 saturated carbocycles. The summed E-state index contributed by atoms with van der Waals surface area (Å²) < 4.78 is 0. The molecule has 0 spiro atoms. The number of carbonyl (C=O) groups excluding carboxylic acids is 1. The zero-order chi connectivity index (χ0) is 17.2. The normalized spacial score (nSPS) is 21.4. The summed E-state index contributed by atoms with van der Waals surface area (Å²) in [6.07, 6.45) is 5.05. The molecule has 0 aromatic rings. The largest absolute Gasteiger partial charge is 0.357 e. The lowest BCUT2D eigenvalue weighted by Crippen LogP contribution is -2.45. The minimum atomic E-state index is 0. The van der Waals surface area contributed by atoms with Crippen molar-refractivity contribution in [3.8, 4) is 0 Å². The Kier molecular flexibility index (Phi) is 12.5. The first-order valence-electron chi connectivity index (χ1n) is 9.26. The Morgan fingerprint density at radius 2 is 1.71 bits per heavy atom. The van der Waals surface area contributed by atoms with E-state index in [1.807, 2.05) is 13.8 Å². The molecule has 24 heavy (non-hydrogen) atoms. The van der Waals surface area contributed by atoms with Crippen LogP contribution in [0.3, 0.4) is 0 Å². The van der Waals surface area contributed by atoms with Crippen LogP contribution in [0.4, 0.5) is 0 Å². The van der Waals surface area contributed by atoms with Crippen LogP contribution in [0.5, 0.6) is 0 Å². The predicted molar refractivity (Wildman–Crippen MR) is 113 cm³/mol. The third kappa shape index (κ3) is 9.08. The molecule has 1 rings (SSSR count). The number of aliphatic imine (C=N–C) groups is 1. The Hall–Kier alpha value is -0.530. The van der Waals surface area contributed by atoms with Crippen LogP contribution < -0.4 is 16.0 Å². The van der Waals surface area contributed by atoms with Gasteiger partial charge in [0, 0.05) is 25.0 Å². The summed E-state index contributed by atoms with van der Waals surface area (Å²) in [7, 11) is 0. The molecule has 0 aliphatic heterocycles. The maximum Gasteiger partial charge on any atom is 0.222 e. The number of halogens is 1. The van der Waals surface area contributed by atoms with E-state index < -0.39 is 0 Å². The molecule has 0 bridgehead atoms. The van der Waals surface area contributed by atoms with Gasteiger partial charge in [0.15, 0.2) is 5.96 Å². The number of nitrogens with one attached hydrogen (secondary N) is 3. The van der Waals surface area contributed by atoms with E-state index in [0.717, 1.165) is 24.3 Å². The van der Waals surface area contributed by atoms with Gasteiger partial charge in [-0.2, -0.15) is 0 Å². The SMILES string of the molecule is CCNC(=NCCNC(=O)C(C)C)NC1CCC(C(C)C)CC1.I. The number of hydrogen-bond acceptors (Lipinski definition) is 2. The average Bonchev–Trinajstić information content (AvgIpc) is 2.51. The van der Waals surface area contributed by atoms with Crippen LogP contribution in [0.1, 0.15) is 60.3 Å². The molecule has 0 saturated heterocycles. The Balaban J connectivity index is 0.00000529. The fourth-order valence-electron chi connectivity index (χ4n) is 2.99. The van der Waals surface area contributed by atoms with Crippen molar-refractivity contribution in [1.29, 1.82) is 0 Å². The Morgan fingerprint density at radius 3 is 2.21 bits per heavy atom. The van der Waals surface area contributed by atoms with E-state index in [0.29, 0.717) is 19.1 Å². The molecule has 1 fully saturated rings. The molecule has 1 aliphatic carbocycles. The number of nitrogens with zero attached hydrogens (tertiary/aromatic N) is 1. The summed E-state index contributed by atoms with van der Waals surface area (Å²) in [5.74, 6) is 2.66. The lowest BCUT2D eigenvalue weighted by molar-refractivity contribution is -0.123. The maximum absolute atomic E-state index is 11.5. The molecule has 0 heterocycles. The molecule has 142 valence electrons. The zero-order valence-corrected chi connectivity index (χ0v) is 18.4. The van der Waals surface area contributed by atoms with Crippen LogP contribution in [0.25, 0.3) is 0 Å². The van der Waals surface area contributed by atoms with Crippen molar-refractivity contribution in [3.63, 3.8) is 0 Å². The summed E-state index contributed by atoms with van der Waals surface area (Å²) >= 11 is 0. The van der Waals surface area contributed by atoms with Crippen molar-refractivity contribution < 1.29 is 4.79 Å². The van der Waals surface area contributed by atoms with Crippen molar-refractivity contribution in [2.45, 2.75) is 66.3 Å². The molecule has 1 amide bonds. The second kappa shape index (κ2) is 12.8. The van der Waals surface area contributed by atoms with Gasteiger partial charge in [0.1, 0.15) is 0 Å². The van der Waals surface area contributed by atoms with Gasteiger partial charge in [-0.15, -0.1) is 24.0 Å². The number of guanidine groups is 1. The van der Waals surface area contributed by atoms with E-state index >= 15 is 0 Å². The fourth-order valence-corrected chi connectivity index (χ4v) is 2.99. The van der Waals surface area contributed by atoms with Crippen molar-refractivity contribution in [2.24, 2.45) is 22.7 Å². The number of amides is 1. The zero-order valence-electron chi connectivity index (χ0n) is 16.0. The van der Waals surface area contributed by atoms with Crippen LogP contribution in [-0.4, -0.2) is 37.5 Å². The first kappa shape index (κ1) is 23.5. The molecule has 5 nitrogen and oxygen atoms in total. The maximum atomic E-state index is 11.5. The van der Waals surface area contributed by atoms with Gasteiger partial charge in [-0.05, 0) is 44.4 Å². The van der Waals surface area contributed by atoms with Gasteiger partial charge < -0.3 is 16.0 Å². The van der Waals surface area contributed by atoms with Crippen LogP contribution in [0, 0.1) is 17.8 Å². The highest BCUT2D eigenvalue weighted by Crippen LogP contribution is 2.29. The highest BCUT2D eigenvalue weighted by atomic mass is 127. The molecule has 0 radical (unpaired) electrons. The Morgan fingerprint density at radius 1 is 1.08 bits per heavy atom. The standard InChI is InChI=1S/C18H36N4O.HI/c1-6-19-18(21-12-11-20-17(23)14(4)5)22-16-9-7-15(8-10-16)13(2)3;/h13-16H,6-12H2,1-5H3,(H,20,23)(H2,19,21,22);1H. The Labute approximate surface area is 165 Å². The molecule has 0 aromatic carbocycles. The van der Waals surface area contributed by atoms with Crippen molar-refractivity contribution in [2.75, 3.05) is 19.6 Å². The second-order valence-electron chi connectivity index (χ2n) is 7.21. The number of carbonyl (C=O) groups is 1. The topological polar surface area (TPSA) is 65.5 Å². The van der Waals surface area contributed by atoms with Gasteiger partial charge in [0.05, 0.1) is 6.54 Å². The number of hydrogen-bond donors (Lipinski definition) is 3. The molecule has 1 aliphatic rings. The smallest absolute Gasteiger partial charge is 0.222 e. The minimum absolute atomic E-state index is 0. The van der Waals surface area contributed by atoms with Crippen molar-refractivity contribution in [3.05, 3.63) is 0 Å². The summed E-state index contributed by atoms with van der Waals surface area (Å²) in [5, 5.41) is 9.75. The highest BCUT2D eigenvalue weighted by molar-refractivity contribution is 14.0. The average molecular weight is 452 g/mol. The van der Waals surface area contributed by atoms with E-state index in [9.17, 15) is 4.79 Å². The summed E-state index contributed by atoms with van der Waals surface area (Å²) in [5.41, 5.74) is 0. The first-order valence-corrected chi connectivity index (χ1v) is 9.26. The quantitative estimate of drug-likeness (QED) is 0.241. The van der Waals surface area contributed by atoms with Gasteiger partial charge in [-0.25, -0.2) is 0 Å². The van der Waals surface area contributed by atoms with Gasteiger partial charge >= 0.3 is 0 Å². The molecule has 3 N–H and O–H groups in total. The lowest BCUT2D eigenvalue weighted by Gasteiger charge is -2.32. The highest BCUT2D eigenvalue weighted by Gasteiger charge is 2.23. The lowest BCUT2D eigenvalue weighted by atomic mass is 9.80. The molecular weight excluding hydrogens is 415 g/mol. The molecular formula is C18H37IN4O. The molecule has 6 heteroatoms. The van der Waals surface area contributed by atoms with Crippen LogP contribution in [0.2, 0.25) is 0 Å². The van der Waals surface area contributed by atoms with E-state index in [4.69, 9.17) is 0 Å². The van der Waals surface area contributed by atoms with Gasteiger partial charge in [-0.3, -0.25) is 9.79 Å². The predicted octanol–water partition coefficient (Wildman–Crippen LogP) is 3.15. The van der Waals surface area contributed by atoms with E-state index in [1.54, 1.807) is 0 Å². The second-order valence-corrected chi connectivity index (χ2v) is 7.21. The van der Waals surface area contributed by atoms with Crippen LogP contribution in [-0.2, 0) is 4.79 Å². The monoisotopic (exact) mass is 452 g/mol. The van der Waals surface area contributed by atoms with Crippen molar-refractivity contribution in [1.82, 2.24) is 16.0 Å². The minimum Gasteiger partial charge on any atom is -0.357 e. The van der Waals surface area contributed by atoms with Gasteiger partial charge in [0.25, 0.3) is 0 Å². The first-order chi connectivity index (χ1) is 10.9. The fraction of sp³-hybridized carbons (Fsp3) is 0.889. The van der Waals surface area contributed by atoms with Crippen LogP contribution in [0.15, 0.2) is 4.99 Å². The molecule has 0 unspecified atom stereocenters. The summed E-state index contributed by atoms with van der Waals surface area (Å²) in [6.45, 7) is 12.6. The summed E-state index contributed by atoms with van der Waals surface area (Å²) in [6, 6.07) is 0.521. The van der Waals surface area contributed by atoms with Gasteiger partial charge in [0.2, 0.25) is 5.91 Å². The third-order valence-electron chi connectivity index (χ3n) is 4.61. The number of rotatable bonds is 7. The Bertz CT molecular complexity index is 377. The van der Waals surface area contributed by atoms with Gasteiger partial charge in [-0.1, -0.05) is 27.7 Å². The van der Waals surface area contributed by atoms with Crippen molar-refractivity contribution >= 4 is 35.8 Å². The van der Waals surface area contributed by atoms with E-state index in [1.165, 1.54) is 25.7 Å². The molecule has 0 atom stereocenters. The third-order valence-corrected chi connectivity index (χ3v) is 4.61. The van der Waals surface area contributed by atoms with E-state index in [-0.39, 0.29) is 35.8 Å². The van der Waals surface area contributed by atoms with Crippen LogP contribution >= 0.6 is 24.0 Å². The van der Waals surface area contributed by atoms with E-state index in [2.05, 4.69) is 41.7 Å². The molecule has 0 aromatic heterocycles. The summed E-state index contributed by atoms with van der Waals surface area (Å²) in [4.78, 5) is 16.1.